The number of hydrogen-bond donors (Lipinski definition) is 3. The summed E-state index contributed by atoms with van der Waals surface area (Å²) >= 11 is 0. The number of carboxylic acid groups (broad SMARTS) is 1. The van der Waals surface area contributed by atoms with Crippen molar-refractivity contribution in [2.45, 2.75) is 62.7 Å². The predicted molar refractivity (Wildman–Crippen MR) is 99.3 cm³/mol. The van der Waals surface area contributed by atoms with Crippen molar-refractivity contribution in [1.82, 2.24) is 0 Å². The van der Waals surface area contributed by atoms with Gasteiger partial charge in [-0.3, -0.25) is 9.59 Å². The topological polar surface area (TPSA) is 104 Å². The molecule has 3 fully saturated rings. The predicted octanol–water partition coefficient (Wildman–Crippen LogP) is 2.07. The van der Waals surface area contributed by atoms with Crippen LogP contribution in [0.2, 0.25) is 0 Å². The minimum atomic E-state index is -1.88. The van der Waals surface area contributed by atoms with Crippen LogP contribution in [0.15, 0.2) is 36.0 Å². The summed E-state index contributed by atoms with van der Waals surface area (Å²) in [5, 5.41) is 31.5. The molecule has 0 radical (unpaired) electrons. The van der Waals surface area contributed by atoms with Crippen molar-refractivity contribution in [3.8, 4) is 0 Å². The monoisotopic (exact) mass is 404 g/mol. The molecule has 1 heterocycles. The van der Waals surface area contributed by atoms with E-state index >= 15 is 4.39 Å². The van der Waals surface area contributed by atoms with Crippen molar-refractivity contribution in [1.29, 1.82) is 0 Å². The first-order valence-electron chi connectivity index (χ1n) is 10.2. The quantitative estimate of drug-likeness (QED) is 0.665. The average Bonchev–Trinajstić information content (AvgIpc) is 3.14. The van der Waals surface area contributed by atoms with E-state index in [0.717, 1.165) is 0 Å². The number of carbonyl (C=O) groups excluding carboxylic acids is 1. The summed E-state index contributed by atoms with van der Waals surface area (Å²) in [6.45, 7) is 1.75. The zero-order valence-corrected chi connectivity index (χ0v) is 16.2. The molecule has 7 heteroatoms. The summed E-state index contributed by atoms with van der Waals surface area (Å²) in [5.74, 6) is -2.21. The highest BCUT2D eigenvalue weighted by atomic mass is 19.1. The van der Waals surface area contributed by atoms with Gasteiger partial charge < -0.3 is 20.1 Å². The molecule has 8 atom stereocenters. The Morgan fingerprint density at radius 2 is 2.14 bits per heavy atom. The number of ether oxygens (including phenoxy) is 1. The van der Waals surface area contributed by atoms with E-state index in [0.29, 0.717) is 18.4 Å². The van der Waals surface area contributed by atoms with Gasteiger partial charge in [0.25, 0.3) is 0 Å². The number of alkyl halides is 1. The van der Waals surface area contributed by atoms with Crippen LogP contribution in [0.1, 0.15) is 39.0 Å². The molecular weight excluding hydrogens is 379 g/mol. The van der Waals surface area contributed by atoms with E-state index in [-0.39, 0.29) is 31.0 Å². The Labute approximate surface area is 167 Å². The first-order chi connectivity index (χ1) is 13.6. The van der Waals surface area contributed by atoms with Gasteiger partial charge in [-0.15, -0.1) is 0 Å². The molecule has 1 spiro atoms. The number of aliphatic carboxylic acids is 1. The van der Waals surface area contributed by atoms with Crippen molar-refractivity contribution in [2.24, 2.45) is 22.7 Å². The highest BCUT2D eigenvalue weighted by Gasteiger charge is 2.79. The van der Waals surface area contributed by atoms with Gasteiger partial charge in [0.1, 0.15) is 0 Å². The SMILES string of the molecule is C[C@]12C=CC(=O)C=C1C=C[C@H]1[C@@H]3CC[C@@](O)(CCC(=O)O)[C@@]34C[C@H](OC4O)[C@@]12F. The second kappa shape index (κ2) is 5.65. The number of carboxylic acids is 1. The molecule has 0 aromatic rings. The number of carbonyl (C=O) groups is 2. The molecule has 0 amide bonds. The maximum Gasteiger partial charge on any atom is 0.303 e. The van der Waals surface area contributed by atoms with Gasteiger partial charge in [-0.25, -0.2) is 4.39 Å². The van der Waals surface area contributed by atoms with Gasteiger partial charge in [-0.1, -0.05) is 18.2 Å². The molecule has 4 aliphatic carbocycles. The Morgan fingerprint density at radius 3 is 2.86 bits per heavy atom. The third-order valence-corrected chi connectivity index (χ3v) is 8.55. The molecule has 2 bridgehead atoms. The number of rotatable bonds is 3. The normalized spacial score (nSPS) is 52.0. The van der Waals surface area contributed by atoms with E-state index in [1.54, 1.807) is 25.2 Å². The molecule has 1 unspecified atom stereocenters. The Kier molecular flexibility index (Phi) is 3.73. The summed E-state index contributed by atoms with van der Waals surface area (Å²) in [7, 11) is 0. The number of halogens is 1. The number of fused-ring (bicyclic) bond motifs is 6. The molecule has 0 aromatic carbocycles. The van der Waals surface area contributed by atoms with Gasteiger partial charge in [0.05, 0.1) is 17.1 Å². The maximum absolute atomic E-state index is 17.1. The van der Waals surface area contributed by atoms with Gasteiger partial charge in [0.15, 0.2) is 17.7 Å². The van der Waals surface area contributed by atoms with Crippen molar-refractivity contribution >= 4 is 11.8 Å². The molecule has 29 heavy (non-hydrogen) atoms. The van der Waals surface area contributed by atoms with Crippen LogP contribution >= 0.6 is 0 Å². The zero-order chi connectivity index (χ0) is 20.8. The van der Waals surface area contributed by atoms with Crippen LogP contribution in [0.3, 0.4) is 0 Å². The number of ketones is 1. The minimum absolute atomic E-state index is 0.00147. The second-order valence-electron chi connectivity index (χ2n) is 9.48. The van der Waals surface area contributed by atoms with E-state index in [2.05, 4.69) is 0 Å². The molecule has 156 valence electrons. The summed E-state index contributed by atoms with van der Waals surface area (Å²) in [6.07, 6.45) is 6.31. The van der Waals surface area contributed by atoms with E-state index < -0.39 is 46.4 Å². The van der Waals surface area contributed by atoms with Crippen LogP contribution in [-0.4, -0.2) is 50.7 Å². The van der Waals surface area contributed by atoms with Crippen LogP contribution in [-0.2, 0) is 14.3 Å². The first kappa shape index (κ1) is 19.2. The van der Waals surface area contributed by atoms with E-state index in [1.807, 2.05) is 0 Å². The number of hydrogen-bond acceptors (Lipinski definition) is 5. The molecule has 5 aliphatic rings. The Balaban J connectivity index is 1.63. The maximum atomic E-state index is 17.1. The van der Waals surface area contributed by atoms with Crippen molar-refractivity contribution in [3.05, 3.63) is 36.0 Å². The van der Waals surface area contributed by atoms with Crippen molar-refractivity contribution in [3.63, 3.8) is 0 Å². The minimum Gasteiger partial charge on any atom is -0.481 e. The number of aliphatic hydroxyl groups is 2. The molecular formula is C22H25FO6. The average molecular weight is 404 g/mol. The fourth-order valence-electron chi connectivity index (χ4n) is 7.07. The van der Waals surface area contributed by atoms with E-state index in [4.69, 9.17) is 9.84 Å². The Hall–Kier alpha value is -1.83. The molecule has 2 saturated carbocycles. The fourth-order valence-corrected chi connectivity index (χ4v) is 7.07. The van der Waals surface area contributed by atoms with Gasteiger partial charge in [0.2, 0.25) is 0 Å². The highest BCUT2D eigenvalue weighted by Crippen LogP contribution is 2.73. The lowest BCUT2D eigenvalue weighted by Crippen LogP contribution is -2.65. The van der Waals surface area contributed by atoms with Gasteiger partial charge in [0, 0.05) is 17.8 Å². The van der Waals surface area contributed by atoms with Crippen LogP contribution < -0.4 is 0 Å². The lowest BCUT2D eigenvalue weighted by atomic mass is 9.47. The van der Waals surface area contributed by atoms with E-state index in [9.17, 15) is 19.8 Å². The molecule has 1 aliphatic heterocycles. The summed E-state index contributed by atoms with van der Waals surface area (Å²) in [5.41, 5.74) is -4.89. The van der Waals surface area contributed by atoms with Crippen LogP contribution in [0.25, 0.3) is 0 Å². The number of allylic oxidation sites excluding steroid dienone is 6. The molecule has 0 aromatic heterocycles. The Morgan fingerprint density at radius 1 is 1.38 bits per heavy atom. The van der Waals surface area contributed by atoms with Gasteiger partial charge in [-0.2, -0.15) is 0 Å². The molecule has 3 N–H and O–H groups in total. The molecule has 5 rings (SSSR count). The zero-order valence-electron chi connectivity index (χ0n) is 16.2. The van der Waals surface area contributed by atoms with Crippen LogP contribution in [0.5, 0.6) is 0 Å². The second-order valence-corrected chi connectivity index (χ2v) is 9.48. The van der Waals surface area contributed by atoms with Crippen LogP contribution in [0.4, 0.5) is 4.39 Å². The standard InChI is InChI=1S/C22H25FO6/c1-19-7-4-13(24)10-12(19)2-3-15-14-5-8-20(28,9-6-17(25)26)21(14)11-16(22(15,19)23)29-18(21)27/h2-4,7,10,14-16,18,27-28H,5-6,8-9,11H2,1H3,(H,25,26)/t14-,15-,16-,18?,19-,20+,21-,22-/m0/s1. The van der Waals surface area contributed by atoms with Crippen LogP contribution in [0, 0.1) is 22.7 Å². The largest absolute Gasteiger partial charge is 0.481 e. The third-order valence-electron chi connectivity index (χ3n) is 8.55. The Bertz CT molecular complexity index is 894. The third kappa shape index (κ3) is 2.06. The van der Waals surface area contributed by atoms with Gasteiger partial charge >= 0.3 is 5.97 Å². The smallest absolute Gasteiger partial charge is 0.303 e. The molecule has 6 nitrogen and oxygen atoms in total. The lowest BCUT2D eigenvalue weighted by molar-refractivity contribution is -0.199. The summed E-state index contributed by atoms with van der Waals surface area (Å²) in [4.78, 5) is 23.0. The molecule has 1 saturated heterocycles. The highest BCUT2D eigenvalue weighted by molar-refractivity contribution is 6.01. The fraction of sp³-hybridized carbons (Fsp3) is 0.636. The van der Waals surface area contributed by atoms with Gasteiger partial charge in [-0.05, 0) is 56.3 Å². The lowest BCUT2D eigenvalue weighted by Gasteiger charge is -2.58. The summed E-state index contributed by atoms with van der Waals surface area (Å²) < 4.78 is 22.9. The first-order valence-corrected chi connectivity index (χ1v) is 10.2. The van der Waals surface area contributed by atoms with Crippen molar-refractivity contribution < 1.29 is 34.0 Å². The van der Waals surface area contributed by atoms with E-state index in [1.165, 1.54) is 12.2 Å². The summed E-state index contributed by atoms with van der Waals surface area (Å²) in [6, 6.07) is 0. The van der Waals surface area contributed by atoms with Crippen molar-refractivity contribution in [2.75, 3.05) is 0 Å². The number of aliphatic hydroxyl groups excluding tert-OH is 1.